The molecule has 1 aliphatic rings. The van der Waals surface area contributed by atoms with Crippen LogP contribution in [0.3, 0.4) is 0 Å². The molecule has 3 amide bonds. The first-order chi connectivity index (χ1) is 10.9. The SMILES string of the molecule is C=C(C)Oc1cccc(C(=O)NC2CCC(=O)NC2=O)c1CC. The highest BCUT2D eigenvalue weighted by Gasteiger charge is 2.28. The highest BCUT2D eigenvalue weighted by atomic mass is 16.5. The number of piperidine rings is 1. The van der Waals surface area contributed by atoms with Gasteiger partial charge in [-0.05, 0) is 31.9 Å². The predicted molar refractivity (Wildman–Crippen MR) is 84.9 cm³/mol. The van der Waals surface area contributed by atoms with Gasteiger partial charge in [-0.15, -0.1) is 0 Å². The maximum atomic E-state index is 12.5. The van der Waals surface area contributed by atoms with Crippen molar-refractivity contribution in [2.24, 2.45) is 0 Å². The normalized spacial score (nSPS) is 17.4. The number of hydrogen-bond acceptors (Lipinski definition) is 4. The van der Waals surface area contributed by atoms with Crippen LogP contribution in [-0.4, -0.2) is 23.8 Å². The van der Waals surface area contributed by atoms with Crippen molar-refractivity contribution in [2.75, 3.05) is 0 Å². The molecule has 0 aliphatic carbocycles. The molecule has 122 valence electrons. The van der Waals surface area contributed by atoms with Gasteiger partial charge in [-0.3, -0.25) is 19.7 Å². The lowest BCUT2D eigenvalue weighted by atomic mass is 10.0. The molecule has 0 bridgehead atoms. The van der Waals surface area contributed by atoms with E-state index >= 15 is 0 Å². The van der Waals surface area contributed by atoms with Gasteiger partial charge in [-0.1, -0.05) is 19.6 Å². The largest absolute Gasteiger partial charge is 0.462 e. The molecule has 1 atom stereocenters. The number of imide groups is 1. The zero-order valence-electron chi connectivity index (χ0n) is 13.3. The predicted octanol–water partition coefficient (Wildman–Crippen LogP) is 1.70. The number of nitrogens with one attached hydrogen (secondary N) is 2. The fourth-order valence-corrected chi connectivity index (χ4v) is 2.49. The molecule has 2 rings (SSSR count). The Hall–Kier alpha value is -2.63. The lowest BCUT2D eigenvalue weighted by Gasteiger charge is -2.22. The van der Waals surface area contributed by atoms with Crippen LogP contribution >= 0.6 is 0 Å². The van der Waals surface area contributed by atoms with Gasteiger partial charge in [0.05, 0.1) is 5.76 Å². The second-order valence-electron chi connectivity index (χ2n) is 5.42. The molecule has 1 fully saturated rings. The minimum absolute atomic E-state index is 0.218. The van der Waals surface area contributed by atoms with Gasteiger partial charge in [0.25, 0.3) is 5.91 Å². The van der Waals surface area contributed by atoms with Crippen molar-refractivity contribution in [3.05, 3.63) is 41.7 Å². The van der Waals surface area contributed by atoms with Crippen molar-refractivity contribution >= 4 is 17.7 Å². The van der Waals surface area contributed by atoms with Gasteiger partial charge in [0.15, 0.2) is 0 Å². The first kappa shape index (κ1) is 16.7. The standard InChI is InChI=1S/C17H20N2O4/c1-4-11-12(6-5-7-14(11)23-10(2)3)16(21)18-13-8-9-15(20)19-17(13)22/h5-7,13H,2,4,8-9H2,1,3H3,(H,18,21)(H,19,20,22). The van der Waals surface area contributed by atoms with E-state index in [9.17, 15) is 14.4 Å². The monoisotopic (exact) mass is 316 g/mol. The number of ether oxygens (including phenoxy) is 1. The molecule has 23 heavy (non-hydrogen) atoms. The summed E-state index contributed by atoms with van der Waals surface area (Å²) in [7, 11) is 0. The fourth-order valence-electron chi connectivity index (χ4n) is 2.49. The lowest BCUT2D eigenvalue weighted by Crippen LogP contribution is -2.52. The molecule has 1 unspecified atom stereocenters. The molecule has 1 aliphatic heterocycles. The second kappa shape index (κ2) is 7.09. The number of rotatable bonds is 5. The molecule has 0 aromatic heterocycles. The van der Waals surface area contributed by atoms with Crippen molar-refractivity contribution < 1.29 is 19.1 Å². The van der Waals surface area contributed by atoms with E-state index in [4.69, 9.17) is 4.74 Å². The zero-order chi connectivity index (χ0) is 17.0. The van der Waals surface area contributed by atoms with E-state index in [1.165, 1.54) is 0 Å². The molecule has 1 saturated heterocycles. The lowest BCUT2D eigenvalue weighted by molar-refractivity contribution is -0.134. The molecule has 2 N–H and O–H groups in total. The van der Waals surface area contributed by atoms with Crippen molar-refractivity contribution in [3.8, 4) is 5.75 Å². The topological polar surface area (TPSA) is 84.5 Å². The van der Waals surface area contributed by atoms with Gasteiger partial charge in [0.2, 0.25) is 11.8 Å². The van der Waals surface area contributed by atoms with E-state index in [-0.39, 0.29) is 18.2 Å². The van der Waals surface area contributed by atoms with Crippen LogP contribution in [0.5, 0.6) is 5.75 Å². The Morgan fingerprint density at radius 3 is 2.78 bits per heavy atom. The van der Waals surface area contributed by atoms with Gasteiger partial charge in [-0.25, -0.2) is 0 Å². The molecule has 0 saturated carbocycles. The van der Waals surface area contributed by atoms with Crippen LogP contribution in [0, 0.1) is 0 Å². The molecule has 6 nitrogen and oxygen atoms in total. The summed E-state index contributed by atoms with van der Waals surface area (Å²) in [6.07, 6.45) is 1.12. The summed E-state index contributed by atoms with van der Waals surface area (Å²) in [6.45, 7) is 7.36. The number of hydrogen-bond donors (Lipinski definition) is 2. The molecule has 1 aromatic rings. The summed E-state index contributed by atoms with van der Waals surface area (Å²) >= 11 is 0. The van der Waals surface area contributed by atoms with Crippen LogP contribution in [-0.2, 0) is 16.0 Å². The number of carbonyl (C=O) groups excluding carboxylic acids is 3. The Bertz CT molecular complexity index is 667. The van der Waals surface area contributed by atoms with Gasteiger partial charge >= 0.3 is 0 Å². The van der Waals surface area contributed by atoms with E-state index < -0.39 is 11.9 Å². The van der Waals surface area contributed by atoms with Gasteiger partial charge in [0.1, 0.15) is 11.8 Å². The summed E-state index contributed by atoms with van der Waals surface area (Å²) < 4.78 is 5.55. The van der Waals surface area contributed by atoms with Crippen molar-refractivity contribution in [1.82, 2.24) is 10.6 Å². The first-order valence-corrected chi connectivity index (χ1v) is 7.52. The Morgan fingerprint density at radius 2 is 2.17 bits per heavy atom. The van der Waals surface area contributed by atoms with E-state index in [1.807, 2.05) is 6.92 Å². The van der Waals surface area contributed by atoms with Crippen molar-refractivity contribution in [3.63, 3.8) is 0 Å². The van der Waals surface area contributed by atoms with Crippen LogP contribution in [0.4, 0.5) is 0 Å². The molecule has 0 radical (unpaired) electrons. The molecule has 0 spiro atoms. The first-order valence-electron chi connectivity index (χ1n) is 7.52. The maximum absolute atomic E-state index is 12.5. The average molecular weight is 316 g/mol. The number of amides is 3. The van der Waals surface area contributed by atoms with Crippen LogP contribution < -0.4 is 15.4 Å². The van der Waals surface area contributed by atoms with Crippen LogP contribution in [0.1, 0.15) is 42.6 Å². The van der Waals surface area contributed by atoms with Crippen molar-refractivity contribution in [1.29, 1.82) is 0 Å². The van der Waals surface area contributed by atoms with Crippen LogP contribution in [0.15, 0.2) is 30.5 Å². The summed E-state index contributed by atoms with van der Waals surface area (Å²) in [5, 5.41) is 4.90. The summed E-state index contributed by atoms with van der Waals surface area (Å²) in [5.74, 6) is -0.0320. The van der Waals surface area contributed by atoms with Gasteiger partial charge in [-0.2, -0.15) is 0 Å². The van der Waals surface area contributed by atoms with Crippen molar-refractivity contribution in [2.45, 2.75) is 39.2 Å². The van der Waals surface area contributed by atoms with E-state index in [0.717, 1.165) is 5.56 Å². The molecular formula is C17H20N2O4. The number of allylic oxidation sites excluding steroid dienone is 1. The average Bonchev–Trinajstić information content (AvgIpc) is 2.49. The van der Waals surface area contributed by atoms with Gasteiger partial charge in [0, 0.05) is 17.5 Å². The Kier molecular flexibility index (Phi) is 5.16. The highest BCUT2D eigenvalue weighted by molar-refractivity contribution is 6.04. The summed E-state index contributed by atoms with van der Waals surface area (Å²) in [4.78, 5) is 35.4. The second-order valence-corrected chi connectivity index (χ2v) is 5.42. The van der Waals surface area contributed by atoms with E-state index in [1.54, 1.807) is 25.1 Å². The Labute approximate surface area is 134 Å². The number of benzene rings is 1. The fraction of sp³-hybridized carbons (Fsp3) is 0.353. The van der Waals surface area contributed by atoms with Gasteiger partial charge < -0.3 is 10.1 Å². The van der Waals surface area contributed by atoms with E-state index in [2.05, 4.69) is 17.2 Å². The molecular weight excluding hydrogens is 296 g/mol. The quantitative estimate of drug-likeness (QED) is 0.639. The van der Waals surface area contributed by atoms with Crippen LogP contribution in [0.2, 0.25) is 0 Å². The minimum Gasteiger partial charge on any atom is -0.462 e. The Balaban J connectivity index is 2.20. The molecule has 1 aromatic carbocycles. The molecule has 6 heteroatoms. The minimum atomic E-state index is -0.698. The Morgan fingerprint density at radius 1 is 1.43 bits per heavy atom. The van der Waals surface area contributed by atoms with Crippen LogP contribution in [0.25, 0.3) is 0 Å². The summed E-state index contributed by atoms with van der Waals surface area (Å²) in [6, 6.07) is 4.48. The summed E-state index contributed by atoms with van der Waals surface area (Å²) in [5.41, 5.74) is 1.20. The maximum Gasteiger partial charge on any atom is 0.252 e. The van der Waals surface area contributed by atoms with E-state index in [0.29, 0.717) is 29.9 Å². The highest BCUT2D eigenvalue weighted by Crippen LogP contribution is 2.25. The zero-order valence-corrected chi connectivity index (χ0v) is 13.3. The third-order valence-corrected chi connectivity index (χ3v) is 3.56. The molecule has 1 heterocycles. The third kappa shape index (κ3) is 3.97. The smallest absolute Gasteiger partial charge is 0.252 e. The number of carbonyl (C=O) groups is 3. The third-order valence-electron chi connectivity index (χ3n) is 3.56.